The van der Waals surface area contributed by atoms with Crippen LogP contribution in [0.5, 0.6) is 0 Å². The Morgan fingerprint density at radius 2 is 2.29 bits per heavy atom. The molecular formula is C12H15ClN4. The van der Waals surface area contributed by atoms with Crippen LogP contribution in [0.1, 0.15) is 26.3 Å². The Labute approximate surface area is 107 Å². The molecule has 1 heterocycles. The molecule has 0 saturated heterocycles. The van der Waals surface area contributed by atoms with E-state index in [0.29, 0.717) is 17.5 Å². The second-order valence-corrected chi connectivity index (χ2v) is 4.36. The highest BCUT2D eigenvalue weighted by molar-refractivity contribution is 6.29. The lowest BCUT2D eigenvalue weighted by Crippen LogP contribution is -2.34. The van der Waals surface area contributed by atoms with Gasteiger partial charge in [0.05, 0.1) is 0 Å². The fraction of sp³-hybridized carbons (Fsp3) is 0.417. The highest BCUT2D eigenvalue weighted by Gasteiger charge is 2.12. The first-order valence-electron chi connectivity index (χ1n) is 5.35. The van der Waals surface area contributed by atoms with E-state index in [1.165, 1.54) is 0 Å². The average molecular weight is 251 g/mol. The number of aliphatic imine (C=N–C) groups is 1. The summed E-state index contributed by atoms with van der Waals surface area (Å²) >= 11 is 5.73. The topological polar surface area (TPSA) is 52.3 Å². The molecule has 17 heavy (non-hydrogen) atoms. The number of hydrogen-bond donors (Lipinski definition) is 0. The lowest BCUT2D eigenvalue weighted by Gasteiger charge is -2.27. The van der Waals surface area contributed by atoms with E-state index >= 15 is 0 Å². The van der Waals surface area contributed by atoms with Crippen LogP contribution in [0.15, 0.2) is 23.3 Å². The van der Waals surface area contributed by atoms with Crippen molar-refractivity contribution < 1.29 is 0 Å². The third kappa shape index (κ3) is 4.04. The molecule has 0 atom stereocenters. The maximum absolute atomic E-state index is 8.58. The summed E-state index contributed by atoms with van der Waals surface area (Å²) in [5.41, 5.74) is 1.04. The van der Waals surface area contributed by atoms with Gasteiger partial charge in [0.15, 0.2) is 0 Å². The van der Waals surface area contributed by atoms with Gasteiger partial charge in [-0.1, -0.05) is 17.7 Å². The van der Waals surface area contributed by atoms with Gasteiger partial charge in [-0.15, -0.1) is 0 Å². The van der Waals surface area contributed by atoms with E-state index in [0.717, 1.165) is 5.56 Å². The third-order valence-electron chi connectivity index (χ3n) is 2.39. The zero-order valence-corrected chi connectivity index (χ0v) is 10.9. The van der Waals surface area contributed by atoms with E-state index in [1.54, 1.807) is 12.3 Å². The van der Waals surface area contributed by atoms with E-state index < -0.39 is 0 Å². The van der Waals surface area contributed by atoms with Crippen molar-refractivity contribution in [1.29, 1.82) is 5.26 Å². The molecule has 0 unspecified atom stereocenters. The highest BCUT2D eigenvalue weighted by atomic mass is 35.5. The molecule has 0 saturated carbocycles. The van der Waals surface area contributed by atoms with Crippen molar-refractivity contribution >= 4 is 17.4 Å². The molecule has 0 aliphatic carbocycles. The zero-order valence-electron chi connectivity index (χ0n) is 10.2. The molecular weight excluding hydrogens is 236 g/mol. The molecule has 0 amide bonds. The minimum Gasteiger partial charge on any atom is -0.353 e. The van der Waals surface area contributed by atoms with E-state index in [2.05, 4.69) is 23.8 Å². The van der Waals surface area contributed by atoms with E-state index in [4.69, 9.17) is 16.9 Å². The van der Waals surface area contributed by atoms with Crippen molar-refractivity contribution in [3.8, 4) is 6.19 Å². The summed E-state index contributed by atoms with van der Waals surface area (Å²) < 4.78 is 0. The molecule has 0 aliphatic rings. The summed E-state index contributed by atoms with van der Waals surface area (Å²) in [5.74, 6) is 0.706. The van der Waals surface area contributed by atoms with Crippen molar-refractivity contribution in [3.05, 3.63) is 29.0 Å². The Hall–Kier alpha value is -1.60. The predicted octanol–water partition coefficient (Wildman–Crippen LogP) is 2.84. The van der Waals surface area contributed by atoms with Gasteiger partial charge >= 0.3 is 0 Å². The largest absolute Gasteiger partial charge is 0.353 e. The Bertz CT molecular complexity index is 431. The molecule has 1 rings (SSSR count). The van der Waals surface area contributed by atoms with Crippen LogP contribution in [0.3, 0.4) is 0 Å². The second kappa shape index (κ2) is 6.21. The first kappa shape index (κ1) is 13.5. The molecule has 5 heteroatoms. The van der Waals surface area contributed by atoms with Gasteiger partial charge in [-0.2, -0.15) is 10.3 Å². The molecule has 90 valence electrons. The molecule has 0 radical (unpaired) electrons. The molecule has 0 spiro atoms. The van der Waals surface area contributed by atoms with Gasteiger partial charge in [-0.05, 0) is 32.4 Å². The Balaban J connectivity index is 2.85. The van der Waals surface area contributed by atoms with Crippen molar-refractivity contribution in [1.82, 2.24) is 9.88 Å². The molecule has 1 aromatic heterocycles. The average Bonchev–Trinajstić information content (AvgIpc) is 2.28. The minimum atomic E-state index is 0.266. The Morgan fingerprint density at radius 3 is 2.76 bits per heavy atom. The third-order valence-corrected chi connectivity index (χ3v) is 2.62. The Kier molecular flexibility index (Phi) is 4.92. The van der Waals surface area contributed by atoms with Crippen LogP contribution in [0.25, 0.3) is 0 Å². The van der Waals surface area contributed by atoms with Crippen LogP contribution < -0.4 is 0 Å². The number of nitriles is 1. The van der Waals surface area contributed by atoms with E-state index in [-0.39, 0.29) is 6.04 Å². The predicted molar refractivity (Wildman–Crippen MR) is 68.6 cm³/mol. The van der Waals surface area contributed by atoms with Gasteiger partial charge in [-0.3, -0.25) is 0 Å². The minimum absolute atomic E-state index is 0.266. The van der Waals surface area contributed by atoms with Crippen molar-refractivity contribution in [2.24, 2.45) is 4.99 Å². The summed E-state index contributed by atoms with van der Waals surface area (Å²) in [6, 6.07) is 3.94. The SMILES string of the molecule is CC(=NC#N)N(Cc1ccc(Cl)nc1)C(C)C. The first-order chi connectivity index (χ1) is 8.04. The van der Waals surface area contributed by atoms with Crippen LogP contribution in [-0.2, 0) is 6.54 Å². The van der Waals surface area contributed by atoms with Gasteiger partial charge in [0.2, 0.25) is 6.19 Å². The number of amidine groups is 1. The smallest absolute Gasteiger partial charge is 0.207 e. The fourth-order valence-corrected chi connectivity index (χ4v) is 1.62. The fourth-order valence-electron chi connectivity index (χ4n) is 1.50. The molecule has 4 nitrogen and oxygen atoms in total. The van der Waals surface area contributed by atoms with Gasteiger partial charge in [0, 0.05) is 18.8 Å². The zero-order chi connectivity index (χ0) is 12.8. The summed E-state index contributed by atoms with van der Waals surface area (Å²) in [5, 5.41) is 9.05. The lowest BCUT2D eigenvalue weighted by atomic mass is 10.2. The van der Waals surface area contributed by atoms with Gasteiger partial charge in [0.25, 0.3) is 0 Å². The van der Waals surface area contributed by atoms with Crippen LogP contribution in [-0.4, -0.2) is 21.8 Å². The summed E-state index contributed by atoms with van der Waals surface area (Å²) in [6.07, 6.45) is 3.54. The van der Waals surface area contributed by atoms with Crippen LogP contribution in [0.4, 0.5) is 0 Å². The number of halogens is 1. The van der Waals surface area contributed by atoms with Crippen LogP contribution >= 0.6 is 11.6 Å². The maximum atomic E-state index is 8.58. The summed E-state index contributed by atoms with van der Waals surface area (Å²) in [4.78, 5) is 9.83. The number of pyridine rings is 1. The number of rotatable bonds is 3. The highest BCUT2D eigenvalue weighted by Crippen LogP contribution is 2.11. The van der Waals surface area contributed by atoms with Crippen molar-refractivity contribution in [3.63, 3.8) is 0 Å². The lowest BCUT2D eigenvalue weighted by molar-refractivity contribution is 0.340. The van der Waals surface area contributed by atoms with Crippen LogP contribution in [0.2, 0.25) is 5.15 Å². The standard InChI is InChI=1S/C12H15ClN4/c1-9(2)17(10(3)16-8-14)7-11-4-5-12(13)15-6-11/h4-6,9H,7H2,1-3H3. The Morgan fingerprint density at radius 1 is 1.59 bits per heavy atom. The molecule has 0 fully saturated rings. The van der Waals surface area contributed by atoms with Crippen molar-refractivity contribution in [2.75, 3.05) is 0 Å². The molecule has 0 N–H and O–H groups in total. The van der Waals surface area contributed by atoms with Gasteiger partial charge < -0.3 is 4.90 Å². The number of nitrogens with zero attached hydrogens (tertiary/aromatic N) is 4. The van der Waals surface area contributed by atoms with Crippen molar-refractivity contribution in [2.45, 2.75) is 33.4 Å². The second-order valence-electron chi connectivity index (χ2n) is 3.97. The number of hydrogen-bond acceptors (Lipinski definition) is 3. The molecule has 0 bridgehead atoms. The van der Waals surface area contributed by atoms with Crippen LogP contribution in [0, 0.1) is 11.5 Å². The van der Waals surface area contributed by atoms with E-state index in [9.17, 15) is 0 Å². The quantitative estimate of drug-likeness (QED) is 0.359. The monoisotopic (exact) mass is 250 g/mol. The molecule has 0 aliphatic heterocycles. The summed E-state index contributed by atoms with van der Waals surface area (Å²) in [7, 11) is 0. The summed E-state index contributed by atoms with van der Waals surface area (Å²) in [6.45, 7) is 6.60. The maximum Gasteiger partial charge on any atom is 0.207 e. The first-order valence-corrected chi connectivity index (χ1v) is 5.73. The molecule has 1 aromatic rings. The normalized spacial score (nSPS) is 11.4. The van der Waals surface area contributed by atoms with Gasteiger partial charge in [-0.25, -0.2) is 4.98 Å². The molecule has 0 aromatic carbocycles. The number of aromatic nitrogens is 1. The van der Waals surface area contributed by atoms with Gasteiger partial charge in [0.1, 0.15) is 11.0 Å². The van der Waals surface area contributed by atoms with E-state index in [1.807, 2.05) is 24.1 Å².